The van der Waals surface area contributed by atoms with E-state index in [2.05, 4.69) is 22.4 Å². The number of hydrogen-bond donors (Lipinski definition) is 1. The second-order valence-corrected chi connectivity index (χ2v) is 7.79. The highest BCUT2D eigenvalue weighted by Crippen LogP contribution is 2.66. The zero-order valence-electron chi connectivity index (χ0n) is 14.5. The zero-order chi connectivity index (χ0) is 16.6. The first kappa shape index (κ1) is 15.7. The van der Waals surface area contributed by atoms with Crippen LogP contribution in [-0.4, -0.2) is 25.2 Å². The van der Waals surface area contributed by atoms with Crippen LogP contribution in [0.15, 0.2) is 21.7 Å². The van der Waals surface area contributed by atoms with E-state index in [-0.39, 0.29) is 17.2 Å². The van der Waals surface area contributed by atoms with Crippen molar-refractivity contribution in [3.8, 4) is 0 Å². The molecular formula is C19H27N3O2. The number of fused-ring (bicyclic) bond motifs is 1. The van der Waals surface area contributed by atoms with Gasteiger partial charge in [-0.3, -0.25) is 4.79 Å². The molecule has 3 atom stereocenters. The quantitative estimate of drug-likeness (QED) is 0.679. The Hall–Kier alpha value is -1.78. The van der Waals surface area contributed by atoms with Crippen LogP contribution in [0.2, 0.25) is 0 Å². The van der Waals surface area contributed by atoms with Gasteiger partial charge in [0.2, 0.25) is 5.91 Å². The SMILES string of the molecule is C[C@]12CCCC[C@@H]1[C@@H]2C(=O)N/N=C\c1ccc(N2CCCCC2)o1. The summed E-state index contributed by atoms with van der Waals surface area (Å²) >= 11 is 0. The van der Waals surface area contributed by atoms with Crippen molar-refractivity contribution in [1.29, 1.82) is 0 Å². The lowest BCUT2D eigenvalue weighted by Crippen LogP contribution is -2.28. The number of nitrogens with zero attached hydrogens (tertiary/aromatic N) is 2. The Bertz CT molecular complexity index is 632. The van der Waals surface area contributed by atoms with Crippen molar-refractivity contribution in [2.45, 2.75) is 51.9 Å². The molecule has 1 N–H and O–H groups in total. The summed E-state index contributed by atoms with van der Waals surface area (Å²) in [4.78, 5) is 14.6. The van der Waals surface area contributed by atoms with Crippen LogP contribution in [0.4, 0.5) is 5.88 Å². The Labute approximate surface area is 143 Å². The Balaban J connectivity index is 1.31. The number of carbonyl (C=O) groups is 1. The third kappa shape index (κ3) is 2.85. The molecule has 130 valence electrons. The number of anilines is 1. The van der Waals surface area contributed by atoms with Crippen molar-refractivity contribution in [2.75, 3.05) is 18.0 Å². The smallest absolute Gasteiger partial charge is 0.244 e. The standard InChI is InChI=1S/C19H27N3O2/c1-19-10-4-3-7-15(19)17(19)18(23)21-20-13-14-8-9-16(24-14)22-11-5-2-6-12-22/h8-9,13,15,17H,2-7,10-12H2,1H3,(H,21,23)/b20-13-/t15-,17-,19+/m1/s1. The molecule has 1 aliphatic heterocycles. The topological polar surface area (TPSA) is 57.8 Å². The number of hydrazone groups is 1. The lowest BCUT2D eigenvalue weighted by Gasteiger charge is -2.25. The van der Waals surface area contributed by atoms with Gasteiger partial charge in [0.1, 0.15) is 5.76 Å². The molecule has 0 radical (unpaired) electrons. The van der Waals surface area contributed by atoms with Crippen LogP contribution in [0.3, 0.4) is 0 Å². The molecule has 1 aromatic heterocycles. The number of hydrogen-bond acceptors (Lipinski definition) is 4. The molecular weight excluding hydrogens is 302 g/mol. The molecule has 5 nitrogen and oxygen atoms in total. The number of rotatable bonds is 4. The summed E-state index contributed by atoms with van der Waals surface area (Å²) in [6.45, 7) is 4.37. The first-order valence-electron chi connectivity index (χ1n) is 9.36. The van der Waals surface area contributed by atoms with Crippen molar-refractivity contribution in [3.05, 3.63) is 17.9 Å². The van der Waals surface area contributed by atoms with E-state index < -0.39 is 0 Å². The average molecular weight is 329 g/mol. The van der Waals surface area contributed by atoms with Gasteiger partial charge in [0, 0.05) is 25.1 Å². The molecule has 0 aromatic carbocycles. The Kier molecular flexibility index (Phi) is 4.10. The molecule has 3 aliphatic rings. The summed E-state index contributed by atoms with van der Waals surface area (Å²) < 4.78 is 5.82. The van der Waals surface area contributed by atoms with Crippen molar-refractivity contribution in [2.24, 2.45) is 22.4 Å². The summed E-state index contributed by atoms with van der Waals surface area (Å²) in [5, 5.41) is 4.11. The number of furan rings is 1. The summed E-state index contributed by atoms with van der Waals surface area (Å²) in [6.07, 6.45) is 10.2. The lowest BCUT2D eigenvalue weighted by molar-refractivity contribution is -0.123. The minimum Gasteiger partial charge on any atom is -0.440 e. The molecule has 4 rings (SSSR count). The highest BCUT2D eigenvalue weighted by molar-refractivity contribution is 5.85. The van der Waals surface area contributed by atoms with Crippen molar-refractivity contribution >= 4 is 18.0 Å². The van der Waals surface area contributed by atoms with Crippen LogP contribution >= 0.6 is 0 Å². The van der Waals surface area contributed by atoms with Gasteiger partial charge < -0.3 is 9.32 Å². The predicted octanol–water partition coefficient (Wildman–Crippen LogP) is 3.55. The van der Waals surface area contributed by atoms with Crippen molar-refractivity contribution in [3.63, 3.8) is 0 Å². The van der Waals surface area contributed by atoms with Gasteiger partial charge in [-0.2, -0.15) is 5.10 Å². The van der Waals surface area contributed by atoms with E-state index in [1.54, 1.807) is 6.21 Å². The zero-order valence-corrected chi connectivity index (χ0v) is 14.5. The molecule has 5 heteroatoms. The minimum atomic E-state index is 0.0726. The number of nitrogens with one attached hydrogen (secondary N) is 1. The molecule has 1 aromatic rings. The van der Waals surface area contributed by atoms with E-state index in [0.717, 1.165) is 19.0 Å². The minimum absolute atomic E-state index is 0.0726. The van der Waals surface area contributed by atoms with Gasteiger partial charge in [0.25, 0.3) is 0 Å². The second kappa shape index (κ2) is 6.26. The van der Waals surface area contributed by atoms with E-state index in [1.807, 2.05) is 12.1 Å². The monoisotopic (exact) mass is 329 g/mol. The maximum absolute atomic E-state index is 12.4. The van der Waals surface area contributed by atoms with Gasteiger partial charge in [-0.15, -0.1) is 0 Å². The van der Waals surface area contributed by atoms with Crippen LogP contribution < -0.4 is 10.3 Å². The van der Waals surface area contributed by atoms with Crippen molar-refractivity contribution in [1.82, 2.24) is 5.43 Å². The fourth-order valence-corrected chi connectivity index (χ4v) is 4.78. The van der Waals surface area contributed by atoms with Gasteiger partial charge in [-0.25, -0.2) is 5.43 Å². The molecule has 2 aliphatic carbocycles. The third-order valence-electron chi connectivity index (χ3n) is 6.26. The maximum atomic E-state index is 12.4. The van der Waals surface area contributed by atoms with E-state index in [0.29, 0.717) is 11.7 Å². The fraction of sp³-hybridized carbons (Fsp3) is 0.684. The summed E-state index contributed by atoms with van der Waals surface area (Å²) in [5.74, 6) is 2.38. The van der Waals surface area contributed by atoms with Gasteiger partial charge in [0.05, 0.1) is 6.21 Å². The van der Waals surface area contributed by atoms with Crippen LogP contribution in [0.1, 0.15) is 57.6 Å². The first-order valence-corrected chi connectivity index (χ1v) is 9.36. The van der Waals surface area contributed by atoms with Gasteiger partial charge in [-0.05, 0) is 49.5 Å². The fourth-order valence-electron chi connectivity index (χ4n) is 4.78. The van der Waals surface area contributed by atoms with Crippen LogP contribution in [0.5, 0.6) is 0 Å². The summed E-state index contributed by atoms with van der Waals surface area (Å²) in [5.41, 5.74) is 2.95. The van der Waals surface area contributed by atoms with E-state index >= 15 is 0 Å². The van der Waals surface area contributed by atoms with Crippen molar-refractivity contribution < 1.29 is 9.21 Å². The Morgan fingerprint density at radius 1 is 1.29 bits per heavy atom. The highest BCUT2D eigenvalue weighted by atomic mass is 16.4. The third-order valence-corrected chi connectivity index (χ3v) is 6.26. The highest BCUT2D eigenvalue weighted by Gasteiger charge is 2.64. The van der Waals surface area contributed by atoms with Crippen LogP contribution in [0.25, 0.3) is 0 Å². The first-order chi connectivity index (χ1) is 11.7. The number of piperidine rings is 1. The van der Waals surface area contributed by atoms with E-state index in [4.69, 9.17) is 4.42 Å². The average Bonchev–Trinajstić information content (AvgIpc) is 2.97. The van der Waals surface area contributed by atoms with Gasteiger partial charge in [0.15, 0.2) is 5.88 Å². The van der Waals surface area contributed by atoms with Crippen LogP contribution in [-0.2, 0) is 4.79 Å². The normalized spacial score (nSPS) is 32.6. The Morgan fingerprint density at radius 2 is 2.12 bits per heavy atom. The molecule has 0 spiro atoms. The lowest BCUT2D eigenvalue weighted by atomic mass is 9.90. The van der Waals surface area contributed by atoms with Gasteiger partial charge >= 0.3 is 0 Å². The van der Waals surface area contributed by atoms with Crippen LogP contribution in [0, 0.1) is 17.3 Å². The molecule has 1 saturated heterocycles. The van der Waals surface area contributed by atoms with Gasteiger partial charge in [-0.1, -0.05) is 19.8 Å². The number of carbonyl (C=O) groups excluding carboxylic acids is 1. The largest absolute Gasteiger partial charge is 0.440 e. The molecule has 0 unspecified atom stereocenters. The molecule has 2 saturated carbocycles. The molecule has 2 heterocycles. The summed E-state index contributed by atoms with van der Waals surface area (Å²) in [6, 6.07) is 3.91. The molecule has 3 fully saturated rings. The summed E-state index contributed by atoms with van der Waals surface area (Å²) in [7, 11) is 0. The molecule has 24 heavy (non-hydrogen) atoms. The molecule has 0 bridgehead atoms. The molecule has 1 amide bonds. The maximum Gasteiger partial charge on any atom is 0.244 e. The number of amides is 1. The Morgan fingerprint density at radius 3 is 2.88 bits per heavy atom. The predicted molar refractivity (Wildman–Crippen MR) is 94.1 cm³/mol. The van der Waals surface area contributed by atoms with E-state index in [1.165, 1.54) is 44.9 Å². The van der Waals surface area contributed by atoms with E-state index in [9.17, 15) is 4.79 Å². The second-order valence-electron chi connectivity index (χ2n) is 7.79.